The van der Waals surface area contributed by atoms with Crippen LogP contribution in [0.25, 0.3) is 0 Å². The van der Waals surface area contributed by atoms with Crippen molar-refractivity contribution in [3.05, 3.63) is 47.8 Å². The van der Waals surface area contributed by atoms with Crippen LogP contribution in [0, 0.1) is 6.92 Å². The molecule has 0 spiro atoms. The van der Waals surface area contributed by atoms with E-state index in [1.807, 2.05) is 13.0 Å². The van der Waals surface area contributed by atoms with Crippen LogP contribution in [0.5, 0.6) is 5.88 Å². The van der Waals surface area contributed by atoms with Crippen LogP contribution in [0.3, 0.4) is 0 Å². The highest BCUT2D eigenvalue weighted by Crippen LogP contribution is 2.21. The number of rotatable bonds is 5. The molecule has 0 aliphatic heterocycles. The summed E-state index contributed by atoms with van der Waals surface area (Å²) in [6.07, 6.45) is 1.52. The molecule has 0 aliphatic rings. The standard InChI is InChI=1S/C15H19N3O/c1-11(13-7-5-4-6-8-13)9-16-14-12(2)15(19-3)18-10-17-14/h4-8,10-11H,9H2,1-3H3,(H,16,17,18). The van der Waals surface area contributed by atoms with E-state index < -0.39 is 0 Å². The van der Waals surface area contributed by atoms with Crippen LogP contribution in [-0.4, -0.2) is 23.6 Å². The number of ether oxygens (including phenoxy) is 1. The topological polar surface area (TPSA) is 47.0 Å². The fourth-order valence-electron chi connectivity index (χ4n) is 1.97. The van der Waals surface area contributed by atoms with Gasteiger partial charge in [-0.15, -0.1) is 0 Å². The lowest BCUT2D eigenvalue weighted by atomic mass is 10.0. The number of hydrogen-bond acceptors (Lipinski definition) is 4. The van der Waals surface area contributed by atoms with Crippen molar-refractivity contribution in [2.45, 2.75) is 19.8 Å². The van der Waals surface area contributed by atoms with Gasteiger partial charge in [0.25, 0.3) is 0 Å². The van der Waals surface area contributed by atoms with Gasteiger partial charge >= 0.3 is 0 Å². The number of nitrogens with zero attached hydrogens (tertiary/aromatic N) is 2. The Morgan fingerprint density at radius 3 is 2.63 bits per heavy atom. The Bertz CT molecular complexity index is 528. The van der Waals surface area contributed by atoms with Gasteiger partial charge in [-0.25, -0.2) is 9.97 Å². The molecule has 0 amide bonds. The van der Waals surface area contributed by atoms with E-state index >= 15 is 0 Å². The fourth-order valence-corrected chi connectivity index (χ4v) is 1.97. The summed E-state index contributed by atoms with van der Waals surface area (Å²) in [6.45, 7) is 4.97. The van der Waals surface area contributed by atoms with Gasteiger partial charge in [-0.1, -0.05) is 37.3 Å². The second kappa shape index (κ2) is 6.18. The zero-order chi connectivity index (χ0) is 13.7. The van der Waals surface area contributed by atoms with Crippen LogP contribution in [-0.2, 0) is 0 Å². The summed E-state index contributed by atoms with van der Waals surface area (Å²) in [7, 11) is 1.62. The summed E-state index contributed by atoms with van der Waals surface area (Å²) in [5.74, 6) is 1.86. The van der Waals surface area contributed by atoms with Gasteiger partial charge in [0.05, 0.1) is 12.7 Å². The maximum Gasteiger partial charge on any atom is 0.221 e. The van der Waals surface area contributed by atoms with Gasteiger partial charge in [0.1, 0.15) is 12.1 Å². The summed E-state index contributed by atoms with van der Waals surface area (Å²) in [5, 5.41) is 3.35. The molecular formula is C15H19N3O. The Labute approximate surface area is 113 Å². The highest BCUT2D eigenvalue weighted by Gasteiger charge is 2.09. The minimum atomic E-state index is 0.418. The van der Waals surface area contributed by atoms with Crippen LogP contribution in [0.4, 0.5) is 5.82 Å². The molecule has 4 nitrogen and oxygen atoms in total. The minimum absolute atomic E-state index is 0.418. The van der Waals surface area contributed by atoms with Gasteiger partial charge in [0, 0.05) is 6.54 Å². The lowest BCUT2D eigenvalue weighted by Crippen LogP contribution is -2.12. The Balaban J connectivity index is 2.03. The van der Waals surface area contributed by atoms with Gasteiger partial charge in [-0.2, -0.15) is 0 Å². The molecule has 0 fully saturated rings. The van der Waals surface area contributed by atoms with Crippen molar-refractivity contribution >= 4 is 5.82 Å². The molecule has 0 saturated heterocycles. The van der Waals surface area contributed by atoms with E-state index in [0.29, 0.717) is 11.8 Å². The maximum atomic E-state index is 5.19. The second-order valence-electron chi connectivity index (χ2n) is 4.55. The monoisotopic (exact) mass is 257 g/mol. The molecule has 100 valence electrons. The quantitative estimate of drug-likeness (QED) is 0.894. The zero-order valence-corrected chi connectivity index (χ0v) is 11.6. The zero-order valence-electron chi connectivity index (χ0n) is 11.6. The van der Waals surface area contributed by atoms with Crippen LogP contribution < -0.4 is 10.1 Å². The first-order chi connectivity index (χ1) is 9.22. The summed E-state index contributed by atoms with van der Waals surface area (Å²) >= 11 is 0. The van der Waals surface area contributed by atoms with Crippen molar-refractivity contribution in [1.82, 2.24) is 9.97 Å². The Morgan fingerprint density at radius 2 is 1.95 bits per heavy atom. The first-order valence-corrected chi connectivity index (χ1v) is 6.36. The lowest BCUT2D eigenvalue weighted by Gasteiger charge is -2.15. The molecule has 1 atom stereocenters. The van der Waals surface area contributed by atoms with E-state index in [-0.39, 0.29) is 0 Å². The molecular weight excluding hydrogens is 238 g/mol. The molecule has 4 heteroatoms. The molecule has 1 aromatic carbocycles. The average Bonchev–Trinajstić information content (AvgIpc) is 2.47. The number of aromatic nitrogens is 2. The van der Waals surface area contributed by atoms with Gasteiger partial charge in [-0.05, 0) is 18.4 Å². The van der Waals surface area contributed by atoms with E-state index in [9.17, 15) is 0 Å². The first kappa shape index (κ1) is 13.3. The van der Waals surface area contributed by atoms with Crippen LogP contribution in [0.15, 0.2) is 36.7 Å². The molecule has 1 aromatic heterocycles. The third-order valence-electron chi connectivity index (χ3n) is 3.18. The van der Waals surface area contributed by atoms with Crippen LogP contribution in [0.1, 0.15) is 24.0 Å². The van der Waals surface area contributed by atoms with E-state index in [2.05, 4.69) is 46.5 Å². The Kier molecular flexibility index (Phi) is 4.34. The molecule has 0 bridgehead atoms. The van der Waals surface area contributed by atoms with Gasteiger partial charge in [0.2, 0.25) is 5.88 Å². The molecule has 0 saturated carbocycles. The SMILES string of the molecule is COc1ncnc(NCC(C)c2ccccc2)c1C. The first-order valence-electron chi connectivity index (χ1n) is 6.36. The summed E-state index contributed by atoms with van der Waals surface area (Å²) < 4.78 is 5.19. The molecule has 0 aliphatic carbocycles. The van der Waals surface area contributed by atoms with Gasteiger partial charge < -0.3 is 10.1 Å². The van der Waals surface area contributed by atoms with E-state index in [1.165, 1.54) is 11.9 Å². The predicted octanol–water partition coefficient (Wildman–Crippen LogP) is 3.01. The number of methoxy groups -OCH3 is 1. The van der Waals surface area contributed by atoms with Gasteiger partial charge in [0.15, 0.2) is 0 Å². The smallest absolute Gasteiger partial charge is 0.221 e. The van der Waals surface area contributed by atoms with Crippen molar-refractivity contribution in [1.29, 1.82) is 0 Å². The van der Waals surface area contributed by atoms with E-state index in [1.54, 1.807) is 7.11 Å². The molecule has 1 heterocycles. The molecule has 1 N–H and O–H groups in total. The van der Waals surface area contributed by atoms with Gasteiger partial charge in [-0.3, -0.25) is 0 Å². The Morgan fingerprint density at radius 1 is 1.21 bits per heavy atom. The number of hydrogen-bond donors (Lipinski definition) is 1. The Hall–Kier alpha value is -2.10. The number of anilines is 1. The maximum absolute atomic E-state index is 5.19. The lowest BCUT2D eigenvalue weighted by molar-refractivity contribution is 0.393. The predicted molar refractivity (Wildman–Crippen MR) is 76.7 cm³/mol. The van der Waals surface area contributed by atoms with Crippen molar-refractivity contribution < 1.29 is 4.74 Å². The average molecular weight is 257 g/mol. The highest BCUT2D eigenvalue weighted by molar-refractivity contribution is 5.47. The van der Waals surface area contributed by atoms with Crippen molar-refractivity contribution in [2.75, 3.05) is 19.0 Å². The normalized spacial score (nSPS) is 11.9. The van der Waals surface area contributed by atoms with Crippen LogP contribution >= 0.6 is 0 Å². The van der Waals surface area contributed by atoms with E-state index in [4.69, 9.17) is 4.74 Å². The van der Waals surface area contributed by atoms with E-state index in [0.717, 1.165) is 17.9 Å². The molecule has 2 rings (SSSR count). The molecule has 1 unspecified atom stereocenters. The second-order valence-corrected chi connectivity index (χ2v) is 4.55. The minimum Gasteiger partial charge on any atom is -0.481 e. The summed E-state index contributed by atoms with van der Waals surface area (Å²) in [4.78, 5) is 8.32. The summed E-state index contributed by atoms with van der Waals surface area (Å²) in [6, 6.07) is 10.4. The molecule has 2 aromatic rings. The molecule has 0 radical (unpaired) electrons. The van der Waals surface area contributed by atoms with Crippen molar-refractivity contribution in [2.24, 2.45) is 0 Å². The van der Waals surface area contributed by atoms with Crippen molar-refractivity contribution in [3.63, 3.8) is 0 Å². The molecule has 19 heavy (non-hydrogen) atoms. The third-order valence-corrected chi connectivity index (χ3v) is 3.18. The number of nitrogens with one attached hydrogen (secondary N) is 1. The fraction of sp³-hybridized carbons (Fsp3) is 0.333. The van der Waals surface area contributed by atoms with Crippen LogP contribution in [0.2, 0.25) is 0 Å². The largest absolute Gasteiger partial charge is 0.481 e. The van der Waals surface area contributed by atoms with Crippen molar-refractivity contribution in [3.8, 4) is 5.88 Å². The third kappa shape index (κ3) is 3.22. The highest BCUT2D eigenvalue weighted by atomic mass is 16.5. The number of benzene rings is 1. The summed E-state index contributed by atoms with van der Waals surface area (Å²) in [5.41, 5.74) is 2.25.